The van der Waals surface area contributed by atoms with Gasteiger partial charge in [0.05, 0.1) is 5.69 Å². The molecule has 2 nitrogen and oxygen atoms in total. The van der Waals surface area contributed by atoms with E-state index in [4.69, 9.17) is 0 Å². The standard InChI is InChI=1S/C16H24Br2N2/c1-5-16(4)10-20(14(9-19-16)11(2)3)15-12(17)7-6-8-13(15)18/h6-8,11,14,19H,5,9-10H2,1-4H3. The van der Waals surface area contributed by atoms with Crippen LogP contribution in [0.4, 0.5) is 5.69 Å². The lowest BCUT2D eigenvalue weighted by Gasteiger charge is -2.49. The molecule has 1 aromatic carbocycles. The number of benzene rings is 1. The Balaban J connectivity index is 2.42. The van der Waals surface area contributed by atoms with E-state index in [0.717, 1.165) is 28.5 Å². The van der Waals surface area contributed by atoms with Crippen LogP contribution in [0.2, 0.25) is 0 Å². The van der Waals surface area contributed by atoms with Crippen molar-refractivity contribution in [2.45, 2.75) is 45.7 Å². The molecule has 4 heteroatoms. The fourth-order valence-corrected chi connectivity index (χ4v) is 4.30. The summed E-state index contributed by atoms with van der Waals surface area (Å²) in [6.45, 7) is 11.3. The van der Waals surface area contributed by atoms with Gasteiger partial charge in [-0.25, -0.2) is 0 Å². The molecule has 0 aliphatic carbocycles. The molecular formula is C16H24Br2N2. The van der Waals surface area contributed by atoms with Crippen LogP contribution >= 0.6 is 31.9 Å². The van der Waals surface area contributed by atoms with Crippen molar-refractivity contribution in [3.63, 3.8) is 0 Å². The maximum Gasteiger partial charge on any atom is 0.0658 e. The predicted molar refractivity (Wildman–Crippen MR) is 94.5 cm³/mol. The summed E-state index contributed by atoms with van der Waals surface area (Å²) in [7, 11) is 0. The summed E-state index contributed by atoms with van der Waals surface area (Å²) in [4.78, 5) is 2.57. The van der Waals surface area contributed by atoms with Gasteiger partial charge in [0.25, 0.3) is 0 Å². The first-order valence-corrected chi connectivity index (χ1v) is 8.92. The Labute approximate surface area is 139 Å². The molecule has 0 spiro atoms. The van der Waals surface area contributed by atoms with Crippen molar-refractivity contribution in [1.82, 2.24) is 5.32 Å². The third kappa shape index (κ3) is 3.23. The van der Waals surface area contributed by atoms with Gasteiger partial charge in [-0.05, 0) is 63.3 Å². The number of hydrogen-bond acceptors (Lipinski definition) is 2. The Morgan fingerprint density at radius 2 is 1.95 bits per heavy atom. The molecule has 1 saturated heterocycles. The first-order chi connectivity index (χ1) is 9.38. The van der Waals surface area contributed by atoms with Crippen LogP contribution < -0.4 is 10.2 Å². The van der Waals surface area contributed by atoms with Crippen LogP contribution in [0.3, 0.4) is 0 Å². The maximum absolute atomic E-state index is 3.74. The van der Waals surface area contributed by atoms with E-state index in [0.29, 0.717) is 12.0 Å². The zero-order valence-corrected chi connectivity index (χ0v) is 15.9. The molecule has 1 N–H and O–H groups in total. The Bertz CT molecular complexity index is 455. The van der Waals surface area contributed by atoms with Gasteiger partial charge in [0.2, 0.25) is 0 Å². The Morgan fingerprint density at radius 3 is 2.45 bits per heavy atom. The highest BCUT2D eigenvalue weighted by Crippen LogP contribution is 2.38. The van der Waals surface area contributed by atoms with Crippen molar-refractivity contribution in [3.8, 4) is 0 Å². The molecule has 2 atom stereocenters. The number of hydrogen-bond donors (Lipinski definition) is 1. The monoisotopic (exact) mass is 402 g/mol. The molecule has 0 amide bonds. The summed E-state index contributed by atoms with van der Waals surface area (Å²) < 4.78 is 2.33. The summed E-state index contributed by atoms with van der Waals surface area (Å²) in [5.41, 5.74) is 1.47. The molecule has 0 radical (unpaired) electrons. The molecule has 1 aliphatic heterocycles. The van der Waals surface area contributed by atoms with Gasteiger partial charge in [-0.2, -0.15) is 0 Å². The number of rotatable bonds is 3. The highest BCUT2D eigenvalue weighted by atomic mass is 79.9. The zero-order chi connectivity index (χ0) is 14.9. The normalized spacial score (nSPS) is 27.1. The lowest BCUT2D eigenvalue weighted by Crippen LogP contribution is -2.64. The fourth-order valence-electron chi connectivity index (χ4n) is 2.85. The second kappa shape index (κ2) is 6.37. The number of para-hydroxylation sites is 1. The Morgan fingerprint density at radius 1 is 1.35 bits per heavy atom. The van der Waals surface area contributed by atoms with Gasteiger partial charge in [0, 0.05) is 33.6 Å². The largest absolute Gasteiger partial charge is 0.363 e. The van der Waals surface area contributed by atoms with Crippen LogP contribution in [0, 0.1) is 5.92 Å². The quantitative estimate of drug-likeness (QED) is 0.778. The number of nitrogens with one attached hydrogen (secondary N) is 1. The molecule has 0 aromatic heterocycles. The van der Waals surface area contributed by atoms with Crippen molar-refractivity contribution in [3.05, 3.63) is 27.1 Å². The van der Waals surface area contributed by atoms with Crippen LogP contribution in [0.15, 0.2) is 27.1 Å². The molecule has 0 bridgehead atoms. The minimum Gasteiger partial charge on any atom is -0.363 e. The molecule has 0 saturated carbocycles. The van der Waals surface area contributed by atoms with Crippen LogP contribution in [-0.2, 0) is 0 Å². The van der Waals surface area contributed by atoms with E-state index in [9.17, 15) is 0 Å². The minimum atomic E-state index is 0.181. The molecule has 1 aliphatic rings. The lowest BCUT2D eigenvalue weighted by atomic mass is 9.89. The summed E-state index contributed by atoms with van der Waals surface area (Å²) in [6.07, 6.45) is 1.14. The van der Waals surface area contributed by atoms with E-state index in [2.05, 4.69) is 88.0 Å². The van der Waals surface area contributed by atoms with Gasteiger partial charge in [0.1, 0.15) is 0 Å². The van der Waals surface area contributed by atoms with E-state index >= 15 is 0 Å². The number of halogens is 2. The fraction of sp³-hybridized carbons (Fsp3) is 0.625. The van der Waals surface area contributed by atoms with Crippen molar-refractivity contribution >= 4 is 37.5 Å². The van der Waals surface area contributed by atoms with Gasteiger partial charge in [-0.1, -0.05) is 26.8 Å². The van der Waals surface area contributed by atoms with Crippen LogP contribution in [0.25, 0.3) is 0 Å². The van der Waals surface area contributed by atoms with E-state index in [-0.39, 0.29) is 5.54 Å². The topological polar surface area (TPSA) is 15.3 Å². The van der Waals surface area contributed by atoms with Crippen LogP contribution in [0.5, 0.6) is 0 Å². The molecule has 1 heterocycles. The van der Waals surface area contributed by atoms with Gasteiger partial charge >= 0.3 is 0 Å². The zero-order valence-electron chi connectivity index (χ0n) is 12.7. The molecular weight excluding hydrogens is 380 g/mol. The minimum absolute atomic E-state index is 0.181. The summed E-state index contributed by atoms with van der Waals surface area (Å²) in [6, 6.07) is 6.85. The van der Waals surface area contributed by atoms with Crippen LogP contribution in [-0.4, -0.2) is 24.7 Å². The van der Waals surface area contributed by atoms with Gasteiger partial charge in [-0.3, -0.25) is 0 Å². The first kappa shape index (κ1) is 16.3. The summed E-state index contributed by atoms with van der Waals surface area (Å²) >= 11 is 7.45. The molecule has 1 fully saturated rings. The highest BCUT2D eigenvalue weighted by molar-refractivity contribution is 9.11. The van der Waals surface area contributed by atoms with Gasteiger partial charge in [-0.15, -0.1) is 0 Å². The average Bonchev–Trinajstić information content (AvgIpc) is 2.38. The third-order valence-corrected chi connectivity index (χ3v) is 5.71. The number of piperazine rings is 1. The Kier molecular flexibility index (Phi) is 5.19. The van der Waals surface area contributed by atoms with Crippen LogP contribution in [0.1, 0.15) is 34.1 Å². The molecule has 112 valence electrons. The van der Waals surface area contributed by atoms with E-state index in [1.165, 1.54) is 5.69 Å². The van der Waals surface area contributed by atoms with Gasteiger partial charge in [0.15, 0.2) is 0 Å². The van der Waals surface area contributed by atoms with Gasteiger partial charge < -0.3 is 10.2 Å². The highest BCUT2D eigenvalue weighted by Gasteiger charge is 2.37. The van der Waals surface area contributed by atoms with Crippen molar-refractivity contribution in [1.29, 1.82) is 0 Å². The smallest absolute Gasteiger partial charge is 0.0658 e. The van der Waals surface area contributed by atoms with E-state index in [1.807, 2.05) is 0 Å². The first-order valence-electron chi connectivity index (χ1n) is 7.33. The second-order valence-electron chi connectivity index (χ2n) is 6.30. The van der Waals surface area contributed by atoms with Crippen molar-refractivity contribution in [2.75, 3.05) is 18.0 Å². The van der Waals surface area contributed by atoms with Crippen molar-refractivity contribution < 1.29 is 0 Å². The number of anilines is 1. The molecule has 1 aromatic rings. The SMILES string of the molecule is CCC1(C)CN(c2c(Br)cccc2Br)C(C(C)C)CN1. The van der Waals surface area contributed by atoms with Crippen molar-refractivity contribution in [2.24, 2.45) is 5.92 Å². The molecule has 2 unspecified atom stereocenters. The Hall–Kier alpha value is -0.0600. The maximum atomic E-state index is 3.74. The van der Waals surface area contributed by atoms with E-state index in [1.54, 1.807) is 0 Å². The van der Waals surface area contributed by atoms with E-state index < -0.39 is 0 Å². The predicted octanol–water partition coefficient (Wildman–Crippen LogP) is 4.81. The third-order valence-electron chi connectivity index (χ3n) is 4.43. The number of nitrogens with zero attached hydrogens (tertiary/aromatic N) is 1. The lowest BCUT2D eigenvalue weighted by molar-refractivity contribution is 0.252. The summed E-state index contributed by atoms with van der Waals surface area (Å²) in [5.74, 6) is 0.614. The average molecular weight is 404 g/mol. The molecule has 2 rings (SSSR count). The summed E-state index contributed by atoms with van der Waals surface area (Å²) in [5, 5.41) is 3.74. The second-order valence-corrected chi connectivity index (χ2v) is 8.01. The molecule has 20 heavy (non-hydrogen) atoms.